The summed E-state index contributed by atoms with van der Waals surface area (Å²) in [5.41, 5.74) is 0.882. The van der Waals surface area contributed by atoms with Crippen molar-refractivity contribution in [1.82, 2.24) is 14.5 Å². The molecule has 3 heterocycles. The van der Waals surface area contributed by atoms with Crippen molar-refractivity contribution in [3.8, 4) is 11.5 Å². The van der Waals surface area contributed by atoms with Crippen LogP contribution in [0.3, 0.4) is 0 Å². The summed E-state index contributed by atoms with van der Waals surface area (Å²) >= 11 is 7.51. The van der Waals surface area contributed by atoms with Crippen LogP contribution >= 0.6 is 22.9 Å². The maximum Gasteiger partial charge on any atom is 0.248 e. The van der Waals surface area contributed by atoms with E-state index in [9.17, 15) is 8.42 Å². The van der Waals surface area contributed by atoms with Gasteiger partial charge in [0.25, 0.3) is 0 Å². The molecule has 2 aromatic heterocycles. The van der Waals surface area contributed by atoms with Gasteiger partial charge in [0, 0.05) is 29.1 Å². The van der Waals surface area contributed by atoms with Gasteiger partial charge >= 0.3 is 0 Å². The summed E-state index contributed by atoms with van der Waals surface area (Å²) < 4.78 is 33.1. The molecule has 6 nitrogen and oxygen atoms in total. The molecule has 1 saturated heterocycles. The molecule has 3 aromatic rings. The van der Waals surface area contributed by atoms with Crippen molar-refractivity contribution in [2.75, 3.05) is 13.1 Å². The van der Waals surface area contributed by atoms with Crippen molar-refractivity contribution < 1.29 is 12.8 Å². The van der Waals surface area contributed by atoms with Gasteiger partial charge in [-0.05, 0) is 42.5 Å². The predicted molar refractivity (Wildman–Crippen MR) is 99.8 cm³/mol. The predicted octanol–water partition coefficient (Wildman–Crippen LogP) is 4.02. The van der Waals surface area contributed by atoms with Crippen LogP contribution in [0.5, 0.6) is 0 Å². The Hall–Kier alpha value is -1.74. The minimum absolute atomic E-state index is 0.113. The number of hydrogen-bond donors (Lipinski definition) is 0. The summed E-state index contributed by atoms with van der Waals surface area (Å²) in [6.07, 6.45) is 1.55. The number of thiophene rings is 1. The van der Waals surface area contributed by atoms with Crippen LogP contribution in [0.25, 0.3) is 11.5 Å². The number of halogens is 1. The van der Waals surface area contributed by atoms with E-state index in [4.69, 9.17) is 16.0 Å². The standard InChI is InChI=1S/C17H16ClN3O3S2/c18-14-4-1-5-15(9-14)26(22,23)21-7-2-3-12(10-21)16-19-20-17(24-16)13-6-8-25-11-13/h1,4-6,8-9,11-12H,2-3,7,10H2. The summed E-state index contributed by atoms with van der Waals surface area (Å²) in [5.74, 6) is 0.839. The molecule has 0 saturated carbocycles. The van der Waals surface area contributed by atoms with Gasteiger partial charge in [0.15, 0.2) is 0 Å². The summed E-state index contributed by atoms with van der Waals surface area (Å²) in [4.78, 5) is 0.204. The quantitative estimate of drug-likeness (QED) is 0.650. The maximum absolute atomic E-state index is 12.9. The minimum Gasteiger partial charge on any atom is -0.420 e. The Bertz CT molecular complexity index is 1000. The Kier molecular flexibility index (Phi) is 4.83. The second-order valence-electron chi connectivity index (χ2n) is 6.12. The highest BCUT2D eigenvalue weighted by Crippen LogP contribution is 2.32. The molecule has 0 spiro atoms. The molecule has 1 aromatic carbocycles. The largest absolute Gasteiger partial charge is 0.420 e. The van der Waals surface area contributed by atoms with Crippen LogP contribution in [-0.4, -0.2) is 36.0 Å². The van der Waals surface area contributed by atoms with Gasteiger partial charge in [-0.1, -0.05) is 17.7 Å². The molecule has 0 aliphatic carbocycles. The van der Waals surface area contributed by atoms with E-state index in [0.717, 1.165) is 18.4 Å². The van der Waals surface area contributed by atoms with Crippen LogP contribution in [0, 0.1) is 0 Å². The highest BCUT2D eigenvalue weighted by molar-refractivity contribution is 7.89. The second kappa shape index (κ2) is 7.11. The Morgan fingerprint density at radius 3 is 2.92 bits per heavy atom. The average Bonchev–Trinajstić information content (AvgIpc) is 3.33. The van der Waals surface area contributed by atoms with Gasteiger partial charge < -0.3 is 4.42 Å². The Morgan fingerprint density at radius 1 is 1.27 bits per heavy atom. The summed E-state index contributed by atoms with van der Waals surface area (Å²) in [7, 11) is -3.60. The van der Waals surface area contributed by atoms with E-state index in [-0.39, 0.29) is 10.8 Å². The van der Waals surface area contributed by atoms with E-state index < -0.39 is 10.0 Å². The first-order valence-electron chi connectivity index (χ1n) is 8.16. The van der Waals surface area contributed by atoms with Crippen molar-refractivity contribution in [3.63, 3.8) is 0 Å². The molecule has 1 aliphatic heterocycles. The lowest BCUT2D eigenvalue weighted by atomic mass is 10.00. The van der Waals surface area contributed by atoms with E-state index in [1.54, 1.807) is 29.5 Å². The fourth-order valence-electron chi connectivity index (χ4n) is 3.04. The molecule has 9 heteroatoms. The van der Waals surface area contributed by atoms with Gasteiger partial charge in [-0.25, -0.2) is 8.42 Å². The lowest BCUT2D eigenvalue weighted by molar-refractivity contribution is 0.286. The van der Waals surface area contributed by atoms with Crippen molar-refractivity contribution in [3.05, 3.63) is 52.0 Å². The van der Waals surface area contributed by atoms with Crippen LogP contribution < -0.4 is 0 Å². The van der Waals surface area contributed by atoms with Crippen molar-refractivity contribution in [2.24, 2.45) is 0 Å². The Balaban J connectivity index is 1.56. The molecular formula is C17H16ClN3O3S2. The zero-order valence-electron chi connectivity index (χ0n) is 13.7. The maximum atomic E-state index is 12.9. The van der Waals surface area contributed by atoms with Gasteiger partial charge in [-0.15, -0.1) is 10.2 Å². The first kappa shape index (κ1) is 17.7. The molecule has 1 aliphatic rings. The number of benzene rings is 1. The number of rotatable bonds is 4. The highest BCUT2D eigenvalue weighted by atomic mass is 35.5. The summed E-state index contributed by atoms with van der Waals surface area (Å²) in [6.45, 7) is 0.789. The molecule has 0 bridgehead atoms. The topological polar surface area (TPSA) is 76.3 Å². The van der Waals surface area contributed by atoms with Crippen molar-refractivity contribution >= 4 is 33.0 Å². The lowest BCUT2D eigenvalue weighted by Gasteiger charge is -2.30. The fourth-order valence-corrected chi connectivity index (χ4v) is 5.50. The summed E-state index contributed by atoms with van der Waals surface area (Å²) in [6, 6.07) is 8.25. The van der Waals surface area contributed by atoms with E-state index in [2.05, 4.69) is 10.2 Å². The third kappa shape index (κ3) is 3.42. The monoisotopic (exact) mass is 409 g/mol. The smallest absolute Gasteiger partial charge is 0.248 e. The third-order valence-electron chi connectivity index (χ3n) is 4.38. The van der Waals surface area contributed by atoms with Gasteiger partial charge in [0.2, 0.25) is 21.8 Å². The molecule has 136 valence electrons. The molecule has 26 heavy (non-hydrogen) atoms. The van der Waals surface area contributed by atoms with Crippen LogP contribution in [0.15, 0.2) is 50.4 Å². The molecule has 0 N–H and O–H groups in total. The molecule has 0 amide bonds. The van der Waals surface area contributed by atoms with Gasteiger partial charge in [0.05, 0.1) is 10.8 Å². The van der Waals surface area contributed by atoms with E-state index >= 15 is 0 Å². The van der Waals surface area contributed by atoms with Crippen LogP contribution in [0.1, 0.15) is 24.7 Å². The normalized spacial score (nSPS) is 18.9. The molecular weight excluding hydrogens is 394 g/mol. The molecule has 4 rings (SSSR count). The highest BCUT2D eigenvalue weighted by Gasteiger charge is 2.33. The van der Waals surface area contributed by atoms with Gasteiger partial charge in [-0.2, -0.15) is 15.6 Å². The number of piperidine rings is 1. The van der Waals surface area contributed by atoms with E-state index in [0.29, 0.717) is 29.9 Å². The number of hydrogen-bond acceptors (Lipinski definition) is 6. The van der Waals surface area contributed by atoms with Gasteiger partial charge in [-0.3, -0.25) is 0 Å². The lowest BCUT2D eigenvalue weighted by Crippen LogP contribution is -2.39. The zero-order chi connectivity index (χ0) is 18.1. The van der Waals surface area contributed by atoms with E-state index in [1.165, 1.54) is 10.4 Å². The fraction of sp³-hybridized carbons (Fsp3) is 0.294. The van der Waals surface area contributed by atoms with Crippen molar-refractivity contribution in [1.29, 1.82) is 0 Å². The van der Waals surface area contributed by atoms with E-state index in [1.807, 2.05) is 16.8 Å². The number of aromatic nitrogens is 2. The Morgan fingerprint density at radius 2 is 2.15 bits per heavy atom. The minimum atomic E-state index is -3.60. The number of sulfonamides is 1. The molecule has 0 radical (unpaired) electrons. The van der Waals surface area contributed by atoms with Crippen molar-refractivity contribution in [2.45, 2.75) is 23.7 Å². The number of nitrogens with zero attached hydrogens (tertiary/aromatic N) is 3. The average molecular weight is 410 g/mol. The molecule has 1 atom stereocenters. The van der Waals surface area contributed by atoms with Crippen LogP contribution in [0.2, 0.25) is 5.02 Å². The second-order valence-corrected chi connectivity index (χ2v) is 9.27. The zero-order valence-corrected chi connectivity index (χ0v) is 16.1. The Labute approximate surface area is 160 Å². The summed E-state index contributed by atoms with van der Waals surface area (Å²) in [5, 5.41) is 12.5. The van der Waals surface area contributed by atoms with Crippen LogP contribution in [-0.2, 0) is 10.0 Å². The first-order chi connectivity index (χ1) is 12.5. The first-order valence-corrected chi connectivity index (χ1v) is 10.9. The third-order valence-corrected chi connectivity index (χ3v) is 7.16. The SMILES string of the molecule is O=S(=O)(c1cccc(Cl)c1)N1CCCC(c2nnc(-c3ccsc3)o2)C1. The van der Waals surface area contributed by atoms with Gasteiger partial charge in [0.1, 0.15) is 0 Å². The van der Waals surface area contributed by atoms with Crippen LogP contribution in [0.4, 0.5) is 0 Å². The molecule has 1 fully saturated rings. The molecule has 1 unspecified atom stereocenters.